The lowest BCUT2D eigenvalue weighted by Crippen LogP contribution is -2.35. The van der Waals surface area contributed by atoms with Crippen LogP contribution in [-0.4, -0.2) is 35.7 Å². The molecule has 0 aliphatic carbocycles. The summed E-state index contributed by atoms with van der Waals surface area (Å²) in [7, 11) is 0. The van der Waals surface area contributed by atoms with Gasteiger partial charge in [0, 0.05) is 24.7 Å². The Labute approximate surface area is 174 Å². The van der Waals surface area contributed by atoms with Crippen LogP contribution >= 0.6 is 0 Å². The minimum Gasteiger partial charge on any atom is -0.508 e. The van der Waals surface area contributed by atoms with E-state index in [2.05, 4.69) is 56.9 Å². The number of phenols is 1. The average molecular weight is 396 g/mol. The fraction of sp³-hybridized carbons (Fsp3) is 0.520. The molecule has 5 atom stereocenters. The zero-order valence-corrected chi connectivity index (χ0v) is 18.0. The SMILES string of the molecule is C[C@@H]1CN([C@@H](C)COc2ccc([C@H]3C[C@H](C)c4cc(O)ccc4O3)cc2)C[C@@H]1C. The van der Waals surface area contributed by atoms with Crippen molar-refractivity contribution >= 4 is 0 Å². The van der Waals surface area contributed by atoms with Gasteiger partial charge in [0.2, 0.25) is 0 Å². The van der Waals surface area contributed by atoms with Crippen molar-refractivity contribution in [1.29, 1.82) is 0 Å². The lowest BCUT2D eigenvalue weighted by Gasteiger charge is -2.31. The maximum absolute atomic E-state index is 9.73. The average Bonchev–Trinajstić information content (AvgIpc) is 3.05. The topological polar surface area (TPSA) is 41.9 Å². The van der Waals surface area contributed by atoms with Crippen LogP contribution in [0.5, 0.6) is 17.2 Å². The second-order valence-corrected chi connectivity index (χ2v) is 9.10. The van der Waals surface area contributed by atoms with Gasteiger partial charge in [0.15, 0.2) is 0 Å². The molecule has 4 rings (SSSR count). The third kappa shape index (κ3) is 4.37. The molecular formula is C25H33NO3. The van der Waals surface area contributed by atoms with Gasteiger partial charge >= 0.3 is 0 Å². The summed E-state index contributed by atoms with van der Waals surface area (Å²) in [6.45, 7) is 12.2. The number of aromatic hydroxyl groups is 1. The molecule has 0 saturated carbocycles. The summed E-state index contributed by atoms with van der Waals surface area (Å²) in [6.07, 6.45) is 0.932. The molecule has 2 aliphatic rings. The maximum Gasteiger partial charge on any atom is 0.124 e. The Morgan fingerprint density at radius 2 is 1.76 bits per heavy atom. The fourth-order valence-corrected chi connectivity index (χ4v) is 4.52. The first kappa shape index (κ1) is 20.1. The van der Waals surface area contributed by atoms with Gasteiger partial charge in [-0.05, 0) is 67.0 Å². The summed E-state index contributed by atoms with van der Waals surface area (Å²) in [5, 5.41) is 9.73. The molecule has 2 aromatic rings. The Bertz CT molecular complexity index is 824. The van der Waals surface area contributed by atoms with Crippen LogP contribution < -0.4 is 9.47 Å². The van der Waals surface area contributed by atoms with Crippen molar-refractivity contribution in [3.05, 3.63) is 53.6 Å². The molecular weight excluding hydrogens is 362 g/mol. The minimum absolute atomic E-state index is 0.0302. The van der Waals surface area contributed by atoms with E-state index in [-0.39, 0.29) is 6.10 Å². The highest BCUT2D eigenvalue weighted by molar-refractivity contribution is 5.44. The summed E-state index contributed by atoms with van der Waals surface area (Å²) in [6, 6.07) is 14.1. The molecule has 1 N–H and O–H groups in total. The number of rotatable bonds is 5. The molecule has 1 fully saturated rings. The Morgan fingerprint density at radius 3 is 2.45 bits per heavy atom. The van der Waals surface area contributed by atoms with Gasteiger partial charge in [-0.15, -0.1) is 0 Å². The Morgan fingerprint density at radius 1 is 1.07 bits per heavy atom. The third-order valence-corrected chi connectivity index (χ3v) is 6.74. The second kappa shape index (κ2) is 8.27. The van der Waals surface area contributed by atoms with Gasteiger partial charge < -0.3 is 14.6 Å². The normalized spacial score (nSPS) is 27.9. The molecule has 0 spiro atoms. The molecule has 2 aromatic carbocycles. The van der Waals surface area contributed by atoms with E-state index in [9.17, 15) is 5.11 Å². The Hall–Kier alpha value is -2.20. The highest BCUT2D eigenvalue weighted by Crippen LogP contribution is 2.43. The van der Waals surface area contributed by atoms with E-state index < -0.39 is 0 Å². The van der Waals surface area contributed by atoms with Gasteiger partial charge in [-0.1, -0.05) is 32.9 Å². The van der Waals surface area contributed by atoms with Gasteiger partial charge in [0.05, 0.1) is 0 Å². The molecule has 29 heavy (non-hydrogen) atoms. The first-order valence-corrected chi connectivity index (χ1v) is 10.9. The smallest absolute Gasteiger partial charge is 0.124 e. The molecule has 4 heteroatoms. The highest BCUT2D eigenvalue weighted by atomic mass is 16.5. The van der Waals surface area contributed by atoms with Crippen LogP contribution in [0.25, 0.3) is 0 Å². The predicted octanol–water partition coefficient (Wildman–Crippen LogP) is 5.37. The van der Waals surface area contributed by atoms with Crippen LogP contribution in [-0.2, 0) is 0 Å². The van der Waals surface area contributed by atoms with Crippen molar-refractivity contribution in [1.82, 2.24) is 4.90 Å². The molecule has 0 bridgehead atoms. The lowest BCUT2D eigenvalue weighted by atomic mass is 9.89. The molecule has 2 heterocycles. The zero-order chi connectivity index (χ0) is 20.5. The van der Waals surface area contributed by atoms with E-state index in [1.54, 1.807) is 6.07 Å². The molecule has 4 nitrogen and oxygen atoms in total. The van der Waals surface area contributed by atoms with Crippen LogP contribution in [0.1, 0.15) is 57.3 Å². The third-order valence-electron chi connectivity index (χ3n) is 6.74. The van der Waals surface area contributed by atoms with E-state index in [0.29, 0.717) is 24.3 Å². The molecule has 1 saturated heterocycles. The summed E-state index contributed by atoms with van der Waals surface area (Å²) >= 11 is 0. The second-order valence-electron chi connectivity index (χ2n) is 9.10. The van der Waals surface area contributed by atoms with Gasteiger partial charge in [-0.25, -0.2) is 0 Å². The molecule has 0 amide bonds. The van der Waals surface area contributed by atoms with Crippen molar-refractivity contribution in [2.75, 3.05) is 19.7 Å². The fourth-order valence-electron chi connectivity index (χ4n) is 4.52. The van der Waals surface area contributed by atoms with Crippen LogP contribution in [0.4, 0.5) is 0 Å². The van der Waals surface area contributed by atoms with Gasteiger partial charge in [-0.2, -0.15) is 0 Å². The van der Waals surface area contributed by atoms with Crippen molar-refractivity contribution in [3.8, 4) is 17.2 Å². The Kier molecular flexibility index (Phi) is 5.73. The standard InChI is InChI=1S/C25H33NO3/c1-16-11-25(29-24-10-7-21(27)12-23(16)24)20-5-8-22(9-6-20)28-15-19(4)26-13-17(2)18(3)14-26/h5-10,12,16-19,25,27H,11,13-15H2,1-4H3/t16-,17-,18+,19-,25+/m0/s1. The quantitative estimate of drug-likeness (QED) is 0.738. The number of nitrogens with zero attached hydrogens (tertiary/aromatic N) is 1. The number of phenolic OH excluding ortho intramolecular Hbond substituents is 1. The minimum atomic E-state index is 0.0302. The van der Waals surface area contributed by atoms with E-state index in [1.807, 2.05) is 12.1 Å². The predicted molar refractivity (Wildman–Crippen MR) is 116 cm³/mol. The van der Waals surface area contributed by atoms with Crippen LogP contribution in [0.2, 0.25) is 0 Å². The summed E-state index contributed by atoms with van der Waals surface area (Å²) < 4.78 is 12.3. The highest BCUT2D eigenvalue weighted by Gasteiger charge is 2.29. The molecule has 0 unspecified atom stereocenters. The Balaban J connectivity index is 1.35. The molecule has 0 radical (unpaired) electrons. The van der Waals surface area contributed by atoms with Crippen LogP contribution in [0.15, 0.2) is 42.5 Å². The molecule has 2 aliphatic heterocycles. The van der Waals surface area contributed by atoms with Gasteiger partial charge in [0.25, 0.3) is 0 Å². The summed E-state index contributed by atoms with van der Waals surface area (Å²) in [5.74, 6) is 3.96. The van der Waals surface area contributed by atoms with E-state index >= 15 is 0 Å². The van der Waals surface area contributed by atoms with Crippen molar-refractivity contribution < 1.29 is 14.6 Å². The van der Waals surface area contributed by atoms with Crippen LogP contribution in [0, 0.1) is 11.8 Å². The number of ether oxygens (including phenoxy) is 2. The number of hydrogen-bond donors (Lipinski definition) is 1. The van der Waals surface area contributed by atoms with E-state index in [4.69, 9.17) is 9.47 Å². The van der Waals surface area contributed by atoms with Crippen molar-refractivity contribution in [3.63, 3.8) is 0 Å². The molecule has 156 valence electrons. The summed E-state index contributed by atoms with van der Waals surface area (Å²) in [4.78, 5) is 2.54. The van der Waals surface area contributed by atoms with Crippen molar-refractivity contribution in [2.45, 2.75) is 52.2 Å². The number of hydrogen-bond acceptors (Lipinski definition) is 4. The zero-order valence-electron chi connectivity index (χ0n) is 18.0. The molecule has 0 aromatic heterocycles. The van der Waals surface area contributed by atoms with Crippen molar-refractivity contribution in [2.24, 2.45) is 11.8 Å². The van der Waals surface area contributed by atoms with Gasteiger partial charge in [-0.3, -0.25) is 4.90 Å². The number of fused-ring (bicyclic) bond motifs is 1. The van der Waals surface area contributed by atoms with E-state index in [0.717, 1.165) is 40.9 Å². The first-order valence-electron chi connectivity index (χ1n) is 10.9. The van der Waals surface area contributed by atoms with Gasteiger partial charge in [0.1, 0.15) is 30.0 Å². The summed E-state index contributed by atoms with van der Waals surface area (Å²) in [5.41, 5.74) is 2.25. The van der Waals surface area contributed by atoms with E-state index in [1.165, 1.54) is 13.1 Å². The maximum atomic E-state index is 9.73. The first-order chi connectivity index (χ1) is 13.9. The van der Waals surface area contributed by atoms with Crippen LogP contribution in [0.3, 0.4) is 0 Å². The largest absolute Gasteiger partial charge is 0.508 e. The lowest BCUT2D eigenvalue weighted by molar-refractivity contribution is 0.162. The monoisotopic (exact) mass is 395 g/mol. The number of likely N-dealkylation sites (tertiary alicyclic amines) is 1. The number of benzene rings is 2.